The Morgan fingerprint density at radius 3 is 2.05 bits per heavy atom. The summed E-state index contributed by atoms with van der Waals surface area (Å²) < 4.78 is 1.82. The molecule has 0 aliphatic rings. The van der Waals surface area contributed by atoms with E-state index in [0.717, 1.165) is 5.69 Å². The van der Waals surface area contributed by atoms with Gasteiger partial charge < -0.3 is 4.90 Å². The fourth-order valence-corrected chi connectivity index (χ4v) is 2.23. The lowest BCUT2D eigenvalue weighted by atomic mass is 9.98. The molecule has 0 N–H and O–H groups in total. The standard InChI is InChI=1S/C15H27N3O/c1-10(2)12-9-18(16-13(12)11(3)4)15(5,6)14(19)17(7)8/h9-11H,1-8H3. The fourth-order valence-electron chi connectivity index (χ4n) is 2.23. The molecule has 0 aromatic carbocycles. The highest BCUT2D eigenvalue weighted by Gasteiger charge is 2.33. The van der Waals surface area contributed by atoms with Gasteiger partial charge in [-0.15, -0.1) is 0 Å². The Labute approximate surface area is 116 Å². The minimum absolute atomic E-state index is 0.0561. The van der Waals surface area contributed by atoms with Gasteiger partial charge in [-0.05, 0) is 31.2 Å². The molecular weight excluding hydrogens is 238 g/mol. The van der Waals surface area contributed by atoms with Crippen molar-refractivity contribution in [1.29, 1.82) is 0 Å². The average Bonchev–Trinajstić information content (AvgIpc) is 2.73. The van der Waals surface area contributed by atoms with Crippen LogP contribution in [0.5, 0.6) is 0 Å². The predicted octanol–water partition coefficient (Wildman–Crippen LogP) is 2.95. The molecule has 0 fully saturated rings. The van der Waals surface area contributed by atoms with Gasteiger partial charge in [0.2, 0.25) is 5.91 Å². The van der Waals surface area contributed by atoms with Crippen LogP contribution in [0.1, 0.15) is 64.6 Å². The fraction of sp³-hybridized carbons (Fsp3) is 0.733. The third kappa shape index (κ3) is 2.99. The van der Waals surface area contributed by atoms with Gasteiger partial charge in [0.15, 0.2) is 0 Å². The smallest absolute Gasteiger partial charge is 0.249 e. The van der Waals surface area contributed by atoms with Crippen LogP contribution >= 0.6 is 0 Å². The van der Waals surface area contributed by atoms with Crippen molar-refractivity contribution >= 4 is 5.91 Å². The van der Waals surface area contributed by atoms with Crippen molar-refractivity contribution in [2.45, 2.75) is 58.9 Å². The summed E-state index contributed by atoms with van der Waals surface area (Å²) in [5.41, 5.74) is 1.67. The lowest BCUT2D eigenvalue weighted by molar-refractivity contribution is -0.137. The Bertz CT molecular complexity index is 430. The Balaban J connectivity index is 3.29. The second kappa shape index (κ2) is 5.35. The SMILES string of the molecule is CC(C)c1cn(C(C)(C)C(=O)N(C)C)nc1C(C)C. The molecule has 0 aliphatic carbocycles. The summed E-state index contributed by atoms with van der Waals surface area (Å²) in [5, 5.41) is 4.68. The van der Waals surface area contributed by atoms with Gasteiger partial charge in [0.05, 0.1) is 5.69 Å². The van der Waals surface area contributed by atoms with Crippen molar-refractivity contribution in [2.75, 3.05) is 14.1 Å². The molecule has 19 heavy (non-hydrogen) atoms. The van der Waals surface area contributed by atoms with Crippen molar-refractivity contribution in [3.63, 3.8) is 0 Å². The van der Waals surface area contributed by atoms with Crippen LogP contribution in [0.25, 0.3) is 0 Å². The molecule has 0 saturated carbocycles. The topological polar surface area (TPSA) is 38.1 Å². The van der Waals surface area contributed by atoms with Gasteiger partial charge in [-0.2, -0.15) is 5.10 Å². The number of rotatable bonds is 4. The second-order valence-corrected chi connectivity index (χ2v) is 6.48. The van der Waals surface area contributed by atoms with Crippen LogP contribution in [0.3, 0.4) is 0 Å². The van der Waals surface area contributed by atoms with Crippen LogP contribution < -0.4 is 0 Å². The molecule has 1 heterocycles. The molecule has 4 nitrogen and oxygen atoms in total. The molecule has 0 unspecified atom stereocenters. The average molecular weight is 265 g/mol. The first-order valence-electron chi connectivity index (χ1n) is 6.90. The van der Waals surface area contributed by atoms with E-state index in [4.69, 9.17) is 0 Å². The first-order valence-corrected chi connectivity index (χ1v) is 6.90. The summed E-state index contributed by atoms with van der Waals surface area (Å²) in [5.74, 6) is 0.834. The van der Waals surface area contributed by atoms with E-state index in [1.807, 2.05) is 24.7 Å². The van der Waals surface area contributed by atoms with Gasteiger partial charge in [0.1, 0.15) is 5.54 Å². The molecule has 1 aromatic heterocycles. The summed E-state index contributed by atoms with van der Waals surface area (Å²) >= 11 is 0. The van der Waals surface area contributed by atoms with E-state index in [9.17, 15) is 4.79 Å². The number of carbonyl (C=O) groups is 1. The Morgan fingerprint density at radius 2 is 1.74 bits per heavy atom. The van der Waals surface area contributed by atoms with Gasteiger partial charge in [-0.1, -0.05) is 27.7 Å². The number of carbonyl (C=O) groups excluding carboxylic acids is 1. The van der Waals surface area contributed by atoms with Crippen LogP contribution in [0, 0.1) is 0 Å². The van der Waals surface area contributed by atoms with Crippen LogP contribution in [0.15, 0.2) is 6.20 Å². The normalized spacial score (nSPS) is 12.3. The van der Waals surface area contributed by atoms with Crippen LogP contribution in [0.4, 0.5) is 0 Å². The maximum Gasteiger partial charge on any atom is 0.249 e. The van der Waals surface area contributed by atoms with Crippen LogP contribution in [-0.4, -0.2) is 34.7 Å². The van der Waals surface area contributed by atoms with Crippen molar-refractivity contribution in [3.05, 3.63) is 17.5 Å². The van der Waals surface area contributed by atoms with Crippen molar-refractivity contribution in [2.24, 2.45) is 0 Å². The van der Waals surface area contributed by atoms with Crippen LogP contribution in [-0.2, 0) is 10.3 Å². The first-order chi connectivity index (χ1) is 8.59. The number of hydrogen-bond acceptors (Lipinski definition) is 2. The third-order valence-corrected chi connectivity index (χ3v) is 3.44. The van der Waals surface area contributed by atoms with E-state index < -0.39 is 5.54 Å². The van der Waals surface area contributed by atoms with E-state index in [2.05, 4.69) is 32.8 Å². The zero-order valence-corrected chi connectivity index (χ0v) is 13.5. The zero-order chi connectivity index (χ0) is 15.0. The molecule has 0 bridgehead atoms. The van der Waals surface area contributed by atoms with Gasteiger partial charge in [-0.25, -0.2) is 0 Å². The van der Waals surface area contributed by atoms with Gasteiger partial charge in [0, 0.05) is 20.3 Å². The molecule has 4 heteroatoms. The molecule has 0 spiro atoms. The molecule has 1 rings (SSSR count). The molecule has 0 aliphatic heterocycles. The summed E-state index contributed by atoms with van der Waals surface area (Å²) in [6, 6.07) is 0. The highest BCUT2D eigenvalue weighted by Crippen LogP contribution is 2.28. The number of nitrogens with zero attached hydrogens (tertiary/aromatic N) is 3. The van der Waals surface area contributed by atoms with Gasteiger partial charge >= 0.3 is 0 Å². The van der Waals surface area contributed by atoms with Crippen molar-refractivity contribution in [1.82, 2.24) is 14.7 Å². The molecule has 1 aromatic rings. The Morgan fingerprint density at radius 1 is 1.21 bits per heavy atom. The highest BCUT2D eigenvalue weighted by molar-refractivity contribution is 5.83. The van der Waals surface area contributed by atoms with E-state index in [1.54, 1.807) is 19.0 Å². The van der Waals surface area contributed by atoms with Gasteiger partial charge in [-0.3, -0.25) is 9.48 Å². The van der Waals surface area contributed by atoms with E-state index >= 15 is 0 Å². The monoisotopic (exact) mass is 265 g/mol. The second-order valence-electron chi connectivity index (χ2n) is 6.48. The van der Waals surface area contributed by atoms with E-state index in [0.29, 0.717) is 11.8 Å². The highest BCUT2D eigenvalue weighted by atomic mass is 16.2. The van der Waals surface area contributed by atoms with Crippen LogP contribution in [0.2, 0.25) is 0 Å². The number of likely N-dealkylation sites (N-methyl/N-ethyl adjacent to an activating group) is 1. The maximum atomic E-state index is 12.3. The molecule has 0 radical (unpaired) electrons. The van der Waals surface area contributed by atoms with Gasteiger partial charge in [0.25, 0.3) is 0 Å². The summed E-state index contributed by atoms with van der Waals surface area (Å²) in [7, 11) is 3.56. The van der Waals surface area contributed by atoms with E-state index in [-0.39, 0.29) is 5.91 Å². The first kappa shape index (κ1) is 15.7. The molecular formula is C15H27N3O. The lowest BCUT2D eigenvalue weighted by Crippen LogP contribution is -2.44. The quantitative estimate of drug-likeness (QED) is 0.839. The minimum Gasteiger partial charge on any atom is -0.347 e. The summed E-state index contributed by atoms with van der Waals surface area (Å²) in [4.78, 5) is 13.9. The summed E-state index contributed by atoms with van der Waals surface area (Å²) in [6.45, 7) is 12.4. The number of amides is 1. The summed E-state index contributed by atoms with van der Waals surface area (Å²) in [6.07, 6.45) is 2.03. The molecule has 1 amide bonds. The maximum absolute atomic E-state index is 12.3. The predicted molar refractivity (Wildman–Crippen MR) is 78.4 cm³/mol. The number of hydrogen-bond donors (Lipinski definition) is 0. The Kier molecular flexibility index (Phi) is 4.43. The number of aromatic nitrogens is 2. The van der Waals surface area contributed by atoms with Crippen molar-refractivity contribution in [3.8, 4) is 0 Å². The Hall–Kier alpha value is -1.32. The molecule has 0 atom stereocenters. The molecule has 108 valence electrons. The third-order valence-electron chi connectivity index (χ3n) is 3.44. The lowest BCUT2D eigenvalue weighted by Gasteiger charge is -2.27. The van der Waals surface area contributed by atoms with Crippen molar-refractivity contribution < 1.29 is 4.79 Å². The molecule has 0 saturated heterocycles. The zero-order valence-electron chi connectivity index (χ0n) is 13.5. The largest absolute Gasteiger partial charge is 0.347 e. The van der Waals surface area contributed by atoms with E-state index in [1.165, 1.54) is 5.56 Å². The minimum atomic E-state index is -0.652.